The van der Waals surface area contributed by atoms with Gasteiger partial charge < -0.3 is 9.64 Å². The molecule has 0 fully saturated rings. The fourth-order valence-electron chi connectivity index (χ4n) is 3.47. The first-order valence-corrected chi connectivity index (χ1v) is 8.46. The maximum Gasteiger partial charge on any atom is 0.258 e. The molecule has 1 aliphatic rings. The highest BCUT2D eigenvalue weighted by molar-refractivity contribution is 6.08. The van der Waals surface area contributed by atoms with E-state index in [0.717, 1.165) is 47.3 Å². The maximum absolute atomic E-state index is 13.2. The van der Waals surface area contributed by atoms with E-state index in [1.165, 1.54) is 0 Å². The Labute approximate surface area is 146 Å². The third kappa shape index (κ3) is 2.63. The van der Waals surface area contributed by atoms with Crippen LogP contribution in [0.5, 0.6) is 5.75 Å². The maximum atomic E-state index is 13.2. The zero-order valence-electron chi connectivity index (χ0n) is 14.4. The van der Waals surface area contributed by atoms with Crippen molar-refractivity contribution in [2.24, 2.45) is 7.05 Å². The van der Waals surface area contributed by atoms with Crippen LogP contribution in [-0.2, 0) is 13.5 Å². The average Bonchev–Trinajstić information content (AvgIpc) is 2.88. The van der Waals surface area contributed by atoms with Crippen LogP contribution in [0.25, 0.3) is 11.0 Å². The molecule has 0 atom stereocenters. The van der Waals surface area contributed by atoms with Gasteiger partial charge in [0.05, 0.1) is 18.3 Å². The van der Waals surface area contributed by atoms with Gasteiger partial charge in [-0.15, -0.1) is 5.10 Å². The van der Waals surface area contributed by atoms with Crippen molar-refractivity contribution in [1.82, 2.24) is 15.0 Å². The molecule has 128 valence electrons. The molecule has 0 N–H and O–H groups in total. The van der Waals surface area contributed by atoms with E-state index in [4.69, 9.17) is 4.74 Å². The van der Waals surface area contributed by atoms with Gasteiger partial charge in [0, 0.05) is 24.7 Å². The molecule has 6 nitrogen and oxygen atoms in total. The zero-order valence-corrected chi connectivity index (χ0v) is 14.4. The van der Waals surface area contributed by atoms with Gasteiger partial charge in [0.25, 0.3) is 5.91 Å². The van der Waals surface area contributed by atoms with E-state index in [-0.39, 0.29) is 5.91 Å². The van der Waals surface area contributed by atoms with Gasteiger partial charge in [-0.05, 0) is 49.6 Å². The summed E-state index contributed by atoms with van der Waals surface area (Å²) in [5, 5.41) is 8.08. The van der Waals surface area contributed by atoms with Gasteiger partial charge in [-0.1, -0.05) is 11.3 Å². The first-order chi connectivity index (χ1) is 12.2. The standard InChI is InChI=1S/C19H20N4O2/c1-22-17-12-13(9-10-15(17)20-21-22)19(24)23-11-4-3-6-14-16(23)7-5-8-18(14)25-2/h5,7-10,12H,3-4,6,11H2,1-2H3. The van der Waals surface area contributed by atoms with Crippen LogP contribution in [0, 0.1) is 0 Å². The number of nitrogens with zero attached hydrogens (tertiary/aromatic N) is 4. The van der Waals surface area contributed by atoms with Crippen LogP contribution in [0.3, 0.4) is 0 Å². The smallest absolute Gasteiger partial charge is 0.258 e. The predicted molar refractivity (Wildman–Crippen MR) is 96.1 cm³/mol. The number of anilines is 1. The SMILES string of the molecule is COc1cccc2c1CCCCN2C(=O)c1ccc2nnn(C)c2c1. The summed E-state index contributed by atoms with van der Waals surface area (Å²) in [4.78, 5) is 15.1. The fraction of sp³-hybridized carbons (Fsp3) is 0.316. The summed E-state index contributed by atoms with van der Waals surface area (Å²) in [6, 6.07) is 11.4. The molecule has 4 rings (SSSR count). The van der Waals surface area contributed by atoms with E-state index < -0.39 is 0 Å². The second-order valence-electron chi connectivity index (χ2n) is 6.29. The van der Waals surface area contributed by atoms with Crippen molar-refractivity contribution in [3.63, 3.8) is 0 Å². The summed E-state index contributed by atoms with van der Waals surface area (Å²) in [6.45, 7) is 0.709. The van der Waals surface area contributed by atoms with Crippen molar-refractivity contribution < 1.29 is 9.53 Å². The van der Waals surface area contributed by atoms with Gasteiger partial charge in [-0.25, -0.2) is 4.68 Å². The summed E-state index contributed by atoms with van der Waals surface area (Å²) < 4.78 is 7.19. The van der Waals surface area contributed by atoms with E-state index in [2.05, 4.69) is 10.3 Å². The number of carbonyl (C=O) groups is 1. The van der Waals surface area contributed by atoms with Gasteiger partial charge in [-0.3, -0.25) is 4.79 Å². The highest BCUT2D eigenvalue weighted by Gasteiger charge is 2.24. The molecule has 3 aromatic rings. The molecule has 0 unspecified atom stereocenters. The summed E-state index contributed by atoms with van der Waals surface area (Å²) in [5.41, 5.74) is 4.35. The normalized spacial score (nSPS) is 14.2. The number of hydrogen-bond acceptors (Lipinski definition) is 4. The molecule has 0 saturated heterocycles. The van der Waals surface area contributed by atoms with Crippen molar-refractivity contribution in [1.29, 1.82) is 0 Å². The van der Waals surface area contributed by atoms with Crippen molar-refractivity contribution >= 4 is 22.6 Å². The molecule has 0 spiro atoms. The molecular formula is C19H20N4O2. The molecule has 2 heterocycles. The van der Waals surface area contributed by atoms with E-state index in [9.17, 15) is 4.79 Å². The zero-order chi connectivity index (χ0) is 17.4. The second kappa shape index (κ2) is 6.20. The van der Waals surface area contributed by atoms with Crippen LogP contribution in [-0.4, -0.2) is 34.6 Å². The number of fused-ring (bicyclic) bond motifs is 2. The van der Waals surface area contributed by atoms with Gasteiger partial charge in [-0.2, -0.15) is 0 Å². The fourth-order valence-corrected chi connectivity index (χ4v) is 3.47. The number of carbonyl (C=O) groups excluding carboxylic acids is 1. The number of aromatic nitrogens is 3. The van der Waals surface area contributed by atoms with Crippen LogP contribution in [0.15, 0.2) is 36.4 Å². The van der Waals surface area contributed by atoms with E-state index in [0.29, 0.717) is 12.1 Å². The summed E-state index contributed by atoms with van der Waals surface area (Å²) in [7, 11) is 3.51. The summed E-state index contributed by atoms with van der Waals surface area (Å²) in [6.07, 6.45) is 2.94. The van der Waals surface area contributed by atoms with Gasteiger partial charge in [0.15, 0.2) is 0 Å². The van der Waals surface area contributed by atoms with Crippen LogP contribution >= 0.6 is 0 Å². The minimum absolute atomic E-state index is 0.000460. The van der Waals surface area contributed by atoms with E-state index in [1.54, 1.807) is 11.8 Å². The topological polar surface area (TPSA) is 60.2 Å². The highest BCUT2D eigenvalue weighted by Crippen LogP contribution is 2.34. The minimum atomic E-state index is -0.000460. The molecular weight excluding hydrogens is 316 g/mol. The largest absolute Gasteiger partial charge is 0.496 e. The molecule has 1 aromatic heterocycles. The minimum Gasteiger partial charge on any atom is -0.496 e. The lowest BCUT2D eigenvalue weighted by molar-refractivity contribution is 0.0987. The number of hydrogen-bond donors (Lipinski definition) is 0. The Balaban J connectivity index is 1.78. The molecule has 2 aromatic carbocycles. The molecule has 0 aliphatic carbocycles. The van der Waals surface area contributed by atoms with Crippen LogP contribution in [0.2, 0.25) is 0 Å². The third-order valence-electron chi connectivity index (χ3n) is 4.78. The van der Waals surface area contributed by atoms with E-state index in [1.807, 2.05) is 48.3 Å². The Morgan fingerprint density at radius 3 is 2.92 bits per heavy atom. The van der Waals surface area contributed by atoms with Crippen LogP contribution in [0.4, 0.5) is 5.69 Å². The average molecular weight is 336 g/mol. The Hall–Kier alpha value is -2.89. The van der Waals surface area contributed by atoms with Crippen molar-refractivity contribution in [2.75, 3.05) is 18.6 Å². The number of benzene rings is 2. The van der Waals surface area contributed by atoms with Crippen molar-refractivity contribution in [2.45, 2.75) is 19.3 Å². The number of rotatable bonds is 2. The molecule has 25 heavy (non-hydrogen) atoms. The molecule has 0 saturated carbocycles. The number of amides is 1. The first kappa shape index (κ1) is 15.6. The number of aryl methyl sites for hydroxylation is 1. The Morgan fingerprint density at radius 2 is 2.08 bits per heavy atom. The van der Waals surface area contributed by atoms with Crippen molar-refractivity contribution in [3.05, 3.63) is 47.5 Å². The highest BCUT2D eigenvalue weighted by atomic mass is 16.5. The lowest BCUT2D eigenvalue weighted by atomic mass is 10.1. The molecule has 0 bridgehead atoms. The van der Waals surface area contributed by atoms with Gasteiger partial charge in [0.2, 0.25) is 0 Å². The molecule has 1 amide bonds. The predicted octanol–water partition coefficient (Wildman–Crippen LogP) is 2.96. The van der Waals surface area contributed by atoms with Crippen LogP contribution < -0.4 is 9.64 Å². The summed E-state index contributed by atoms with van der Waals surface area (Å²) in [5.74, 6) is 0.850. The quantitative estimate of drug-likeness (QED) is 0.722. The summed E-state index contributed by atoms with van der Waals surface area (Å²) >= 11 is 0. The Bertz CT molecular complexity index is 948. The monoisotopic (exact) mass is 336 g/mol. The lowest BCUT2D eigenvalue weighted by Crippen LogP contribution is -2.31. The molecule has 0 radical (unpaired) electrons. The second-order valence-corrected chi connectivity index (χ2v) is 6.29. The molecule has 1 aliphatic heterocycles. The Morgan fingerprint density at radius 1 is 1.20 bits per heavy atom. The van der Waals surface area contributed by atoms with Gasteiger partial charge in [0.1, 0.15) is 11.3 Å². The lowest BCUT2D eigenvalue weighted by Gasteiger charge is -2.24. The number of methoxy groups -OCH3 is 1. The number of ether oxygens (including phenoxy) is 1. The van der Waals surface area contributed by atoms with E-state index >= 15 is 0 Å². The molecule has 6 heteroatoms. The van der Waals surface area contributed by atoms with Crippen molar-refractivity contribution in [3.8, 4) is 5.75 Å². The van der Waals surface area contributed by atoms with Crippen LogP contribution in [0.1, 0.15) is 28.8 Å². The first-order valence-electron chi connectivity index (χ1n) is 8.46. The third-order valence-corrected chi connectivity index (χ3v) is 4.78. The van der Waals surface area contributed by atoms with Gasteiger partial charge >= 0.3 is 0 Å². The Kier molecular flexibility index (Phi) is 3.87.